The molecule has 0 aliphatic rings. The number of rotatable bonds is 4. The van der Waals surface area contributed by atoms with Crippen LogP contribution in [0.15, 0.2) is 49.1 Å². The zero-order valence-corrected chi connectivity index (χ0v) is 12.4. The van der Waals surface area contributed by atoms with Crippen molar-refractivity contribution in [3.63, 3.8) is 0 Å². The first-order chi connectivity index (χ1) is 10.3. The summed E-state index contributed by atoms with van der Waals surface area (Å²) in [7, 11) is 1.94. The third-order valence-electron chi connectivity index (χ3n) is 3.53. The summed E-state index contributed by atoms with van der Waals surface area (Å²) in [6, 6.07) is 8.12. The van der Waals surface area contributed by atoms with Crippen molar-refractivity contribution in [2.24, 2.45) is 0 Å². The van der Waals surface area contributed by atoms with Gasteiger partial charge >= 0.3 is 0 Å². The zero-order chi connectivity index (χ0) is 14.7. The van der Waals surface area contributed by atoms with Crippen molar-refractivity contribution >= 4 is 22.6 Å². The van der Waals surface area contributed by atoms with E-state index in [2.05, 4.69) is 26.3 Å². The molecule has 3 rings (SSSR count). The molecule has 0 aliphatic carbocycles. The third kappa shape index (κ3) is 2.86. The molecule has 3 aromatic rings. The summed E-state index contributed by atoms with van der Waals surface area (Å²) in [5, 5.41) is 4.02. The summed E-state index contributed by atoms with van der Waals surface area (Å²) < 4.78 is 0. The Bertz CT molecular complexity index is 755. The topological polar surface area (TPSA) is 50.7 Å². The highest BCUT2D eigenvalue weighted by Gasteiger charge is 2.15. The summed E-state index contributed by atoms with van der Waals surface area (Å²) in [5.41, 5.74) is 4.00. The van der Waals surface area contributed by atoms with Gasteiger partial charge in [-0.05, 0) is 36.7 Å². The van der Waals surface area contributed by atoms with E-state index >= 15 is 0 Å². The molecule has 0 aliphatic heterocycles. The molecular weight excluding hydrogens is 284 g/mol. The van der Waals surface area contributed by atoms with Gasteiger partial charge in [-0.25, -0.2) is 0 Å². The van der Waals surface area contributed by atoms with Crippen LogP contribution in [0.1, 0.15) is 17.2 Å². The molecule has 0 spiro atoms. The van der Waals surface area contributed by atoms with E-state index in [9.17, 15) is 0 Å². The maximum atomic E-state index is 6.21. The Hall–Kier alpha value is -2.04. The zero-order valence-electron chi connectivity index (χ0n) is 11.6. The van der Waals surface area contributed by atoms with Crippen molar-refractivity contribution in [3.05, 3.63) is 65.2 Å². The van der Waals surface area contributed by atoms with Crippen molar-refractivity contribution in [2.75, 3.05) is 7.05 Å². The minimum atomic E-state index is 0.116. The summed E-state index contributed by atoms with van der Waals surface area (Å²) in [4.78, 5) is 12.8. The van der Waals surface area contributed by atoms with Crippen LogP contribution in [0, 0.1) is 0 Å². The molecule has 1 N–H and O–H groups in total. The fourth-order valence-electron chi connectivity index (χ4n) is 2.45. The Kier molecular flexibility index (Phi) is 4.08. The molecule has 5 heteroatoms. The van der Waals surface area contributed by atoms with Gasteiger partial charge in [-0.3, -0.25) is 15.0 Å². The number of fused-ring (bicyclic) bond motifs is 1. The molecule has 106 valence electrons. The van der Waals surface area contributed by atoms with Crippen LogP contribution in [-0.4, -0.2) is 22.0 Å². The third-order valence-corrected chi connectivity index (χ3v) is 3.87. The molecule has 2 aromatic heterocycles. The van der Waals surface area contributed by atoms with Gasteiger partial charge in [-0.15, -0.1) is 0 Å². The number of hydrogen-bond acceptors (Lipinski definition) is 4. The number of likely N-dealkylation sites (N-methyl/N-ethyl adjacent to an activating group) is 1. The molecule has 2 heterocycles. The van der Waals surface area contributed by atoms with Gasteiger partial charge in [-0.2, -0.15) is 0 Å². The molecule has 21 heavy (non-hydrogen) atoms. The number of nitrogens with one attached hydrogen (secondary N) is 1. The maximum absolute atomic E-state index is 6.21. The molecule has 1 unspecified atom stereocenters. The molecule has 0 bridgehead atoms. The first-order valence-electron chi connectivity index (χ1n) is 6.75. The molecule has 4 nitrogen and oxygen atoms in total. The molecule has 0 radical (unpaired) electrons. The van der Waals surface area contributed by atoms with Crippen LogP contribution in [0.25, 0.3) is 11.0 Å². The quantitative estimate of drug-likeness (QED) is 0.804. The van der Waals surface area contributed by atoms with E-state index in [1.54, 1.807) is 24.8 Å². The summed E-state index contributed by atoms with van der Waals surface area (Å²) in [5.74, 6) is 0. The van der Waals surface area contributed by atoms with E-state index < -0.39 is 0 Å². The van der Waals surface area contributed by atoms with Crippen molar-refractivity contribution in [3.8, 4) is 0 Å². The lowest BCUT2D eigenvalue weighted by molar-refractivity contribution is 0.595. The van der Waals surface area contributed by atoms with Crippen molar-refractivity contribution in [2.45, 2.75) is 12.5 Å². The van der Waals surface area contributed by atoms with E-state index in [0.717, 1.165) is 28.6 Å². The highest BCUT2D eigenvalue weighted by molar-refractivity contribution is 6.31. The average Bonchev–Trinajstić information content (AvgIpc) is 2.54. The second-order valence-corrected chi connectivity index (χ2v) is 5.19. The fourth-order valence-corrected chi connectivity index (χ4v) is 2.65. The summed E-state index contributed by atoms with van der Waals surface area (Å²) in [6.45, 7) is 0. The first kappa shape index (κ1) is 13.9. The smallest absolute Gasteiger partial charge is 0.0934 e. The van der Waals surface area contributed by atoms with Gasteiger partial charge in [0.15, 0.2) is 0 Å². The number of hydrogen-bond donors (Lipinski definition) is 1. The van der Waals surface area contributed by atoms with Crippen LogP contribution in [0.4, 0.5) is 0 Å². The SMILES string of the molecule is CNC(Cc1ccncc1Cl)c1cccc2nccnc12. The van der Waals surface area contributed by atoms with Crippen LogP contribution in [0.2, 0.25) is 5.02 Å². The van der Waals surface area contributed by atoms with Gasteiger partial charge < -0.3 is 5.32 Å². The minimum Gasteiger partial charge on any atom is -0.313 e. The first-order valence-corrected chi connectivity index (χ1v) is 7.12. The largest absolute Gasteiger partial charge is 0.313 e. The lowest BCUT2D eigenvalue weighted by atomic mass is 9.98. The van der Waals surface area contributed by atoms with E-state index in [0.29, 0.717) is 5.02 Å². The molecule has 1 aromatic carbocycles. The monoisotopic (exact) mass is 298 g/mol. The minimum absolute atomic E-state index is 0.116. The van der Waals surface area contributed by atoms with Crippen LogP contribution in [0.3, 0.4) is 0 Å². The Balaban J connectivity index is 2.01. The Morgan fingerprint density at radius 1 is 1.14 bits per heavy atom. The van der Waals surface area contributed by atoms with Crippen LogP contribution in [-0.2, 0) is 6.42 Å². The second-order valence-electron chi connectivity index (χ2n) is 4.78. The van der Waals surface area contributed by atoms with E-state index in [-0.39, 0.29) is 6.04 Å². The van der Waals surface area contributed by atoms with E-state index in [1.807, 2.05) is 25.2 Å². The van der Waals surface area contributed by atoms with Gasteiger partial charge in [0, 0.05) is 30.8 Å². The number of nitrogens with zero attached hydrogens (tertiary/aromatic N) is 3. The van der Waals surface area contributed by atoms with Gasteiger partial charge in [-0.1, -0.05) is 23.7 Å². The molecule has 0 amide bonds. The summed E-state index contributed by atoms with van der Waals surface area (Å²) >= 11 is 6.21. The Labute approximate surface area is 128 Å². The van der Waals surface area contributed by atoms with Gasteiger partial charge in [0.05, 0.1) is 16.1 Å². The molecule has 1 atom stereocenters. The lowest BCUT2D eigenvalue weighted by Gasteiger charge is -2.18. The number of para-hydroxylation sites is 1. The molecule has 0 saturated carbocycles. The fraction of sp³-hybridized carbons (Fsp3) is 0.188. The van der Waals surface area contributed by atoms with Crippen molar-refractivity contribution < 1.29 is 0 Å². The highest BCUT2D eigenvalue weighted by Crippen LogP contribution is 2.26. The molecule has 0 fully saturated rings. The van der Waals surface area contributed by atoms with Crippen molar-refractivity contribution in [1.82, 2.24) is 20.3 Å². The predicted molar refractivity (Wildman–Crippen MR) is 84.3 cm³/mol. The standard InChI is InChI=1S/C16H15ClN4/c1-18-15(9-11-5-6-19-10-13(11)17)12-3-2-4-14-16(12)21-8-7-20-14/h2-8,10,15,18H,9H2,1H3. The Morgan fingerprint density at radius 3 is 2.81 bits per heavy atom. The highest BCUT2D eigenvalue weighted by atomic mass is 35.5. The average molecular weight is 299 g/mol. The molecule has 0 saturated heterocycles. The number of pyridine rings is 1. The Morgan fingerprint density at radius 2 is 2.00 bits per heavy atom. The number of aromatic nitrogens is 3. The maximum Gasteiger partial charge on any atom is 0.0934 e. The van der Waals surface area contributed by atoms with Crippen LogP contribution in [0.5, 0.6) is 0 Å². The van der Waals surface area contributed by atoms with Crippen molar-refractivity contribution in [1.29, 1.82) is 0 Å². The van der Waals surface area contributed by atoms with Gasteiger partial charge in [0.1, 0.15) is 0 Å². The van der Waals surface area contributed by atoms with Crippen LogP contribution < -0.4 is 5.32 Å². The van der Waals surface area contributed by atoms with Gasteiger partial charge in [0.2, 0.25) is 0 Å². The lowest BCUT2D eigenvalue weighted by Crippen LogP contribution is -2.19. The van der Waals surface area contributed by atoms with E-state index in [4.69, 9.17) is 11.6 Å². The second kappa shape index (κ2) is 6.16. The predicted octanol–water partition coefficient (Wildman–Crippen LogP) is 3.18. The normalized spacial score (nSPS) is 12.5. The molecular formula is C16H15ClN4. The van der Waals surface area contributed by atoms with Crippen LogP contribution >= 0.6 is 11.6 Å². The van der Waals surface area contributed by atoms with Gasteiger partial charge in [0.25, 0.3) is 0 Å². The van der Waals surface area contributed by atoms with E-state index in [1.165, 1.54) is 0 Å². The number of benzene rings is 1. The number of halogens is 1. The summed E-state index contributed by atoms with van der Waals surface area (Å²) in [6.07, 6.45) is 7.63.